The number of alkyl halides is 1. The van der Waals surface area contributed by atoms with Crippen molar-refractivity contribution in [2.45, 2.75) is 24.8 Å². The molecule has 0 aromatic heterocycles. The van der Waals surface area contributed by atoms with Crippen molar-refractivity contribution in [3.05, 3.63) is 0 Å². The molecule has 0 spiro atoms. The van der Waals surface area contributed by atoms with E-state index in [0.717, 1.165) is 0 Å². The second-order valence-corrected chi connectivity index (χ2v) is 5.79. The molecule has 0 aromatic carbocycles. The van der Waals surface area contributed by atoms with Gasteiger partial charge in [0.2, 0.25) is 0 Å². The number of rotatable bonds is 3. The maximum absolute atomic E-state index is 3.61. The first kappa shape index (κ1) is 8.71. The maximum Gasteiger partial charge on any atom is 0.176 e. The van der Waals surface area contributed by atoms with Crippen molar-refractivity contribution in [2.24, 2.45) is 0 Å². The Hall–Kier alpha value is 0.617. The number of hydrogen-bond acceptors (Lipinski definition) is 2. The van der Waals surface area contributed by atoms with Gasteiger partial charge in [-0.2, -0.15) is 0 Å². The van der Waals surface area contributed by atoms with Gasteiger partial charge in [-0.25, -0.2) is 0 Å². The van der Waals surface area contributed by atoms with Gasteiger partial charge in [-0.15, -0.1) is 0 Å². The molecule has 0 saturated carbocycles. The molecule has 1 unspecified atom stereocenters. The Morgan fingerprint density at radius 1 is 1.60 bits per heavy atom. The second kappa shape index (κ2) is 3.85. The van der Waals surface area contributed by atoms with Crippen LogP contribution in [0.4, 0.5) is 0 Å². The summed E-state index contributed by atoms with van der Waals surface area (Å²) in [4.78, 5) is 0. The third-order valence-corrected chi connectivity index (χ3v) is 6.03. The molecule has 1 heterocycles. The second-order valence-electron chi connectivity index (χ2n) is 2.87. The molecule has 0 bridgehead atoms. The Bertz CT molecular complexity index is 112. The Morgan fingerprint density at radius 2 is 2.30 bits per heavy atom. The molecule has 1 rings (SSSR count). The van der Waals surface area contributed by atoms with Crippen LogP contribution in [0.1, 0.15) is 19.8 Å². The fourth-order valence-electron chi connectivity index (χ4n) is 1.14. The Morgan fingerprint density at radius 3 is 2.70 bits per heavy atom. The first-order valence-electron chi connectivity index (χ1n) is 3.84. The number of halogens is 1. The standard InChI is InChI=1S/C6H15BrN2Si/c1-3-4-5-9-6(7)8(2)10-9/h6H,3-5,10H2,1-2H3. The van der Waals surface area contributed by atoms with Gasteiger partial charge in [0.1, 0.15) is 5.08 Å². The van der Waals surface area contributed by atoms with Gasteiger partial charge in [0.05, 0.1) is 0 Å². The molecule has 10 heavy (non-hydrogen) atoms. The molecule has 2 nitrogen and oxygen atoms in total. The predicted octanol–water partition coefficient (Wildman–Crippen LogP) is 0.711. The first-order valence-corrected chi connectivity index (χ1v) is 6.02. The van der Waals surface area contributed by atoms with Gasteiger partial charge < -0.3 is 0 Å². The highest BCUT2D eigenvalue weighted by Crippen LogP contribution is 2.19. The van der Waals surface area contributed by atoms with Gasteiger partial charge in [-0.3, -0.25) is 9.13 Å². The summed E-state index contributed by atoms with van der Waals surface area (Å²) in [6.45, 7) is 3.54. The summed E-state index contributed by atoms with van der Waals surface area (Å²) in [7, 11) is 2.18. The highest BCUT2D eigenvalue weighted by molar-refractivity contribution is 9.09. The molecule has 0 aromatic rings. The molecular weight excluding hydrogens is 208 g/mol. The van der Waals surface area contributed by atoms with Crippen LogP contribution in [0.15, 0.2) is 0 Å². The summed E-state index contributed by atoms with van der Waals surface area (Å²) in [6.07, 6.45) is 2.66. The normalized spacial score (nSPS) is 30.9. The minimum absolute atomic E-state index is 0.00467. The zero-order valence-electron chi connectivity index (χ0n) is 6.68. The summed E-state index contributed by atoms with van der Waals surface area (Å²) < 4.78 is 4.97. The van der Waals surface area contributed by atoms with E-state index in [-0.39, 0.29) is 9.84 Å². The van der Waals surface area contributed by atoms with E-state index in [0.29, 0.717) is 5.08 Å². The Labute approximate surface area is 73.7 Å². The van der Waals surface area contributed by atoms with Gasteiger partial charge in [-0.05, 0) is 20.0 Å². The highest BCUT2D eigenvalue weighted by Gasteiger charge is 2.30. The zero-order chi connectivity index (χ0) is 7.56. The molecule has 1 atom stereocenters. The van der Waals surface area contributed by atoms with Crippen LogP contribution in [-0.4, -0.2) is 37.6 Å². The number of hydrogen-bond donors (Lipinski definition) is 0. The van der Waals surface area contributed by atoms with E-state index in [1.165, 1.54) is 19.4 Å². The molecule has 0 aliphatic carbocycles. The lowest BCUT2D eigenvalue weighted by molar-refractivity contribution is 0.202. The van der Waals surface area contributed by atoms with Crippen molar-refractivity contribution in [2.75, 3.05) is 13.6 Å². The largest absolute Gasteiger partial charge is 0.296 e. The molecule has 1 fully saturated rings. The number of unbranched alkanes of at least 4 members (excludes halogenated alkanes) is 1. The average Bonchev–Trinajstić information content (AvgIpc) is 1.97. The molecule has 0 amide bonds. The SMILES string of the molecule is CCCCN1[SiH2]N(C)C1Br. The minimum Gasteiger partial charge on any atom is -0.296 e. The van der Waals surface area contributed by atoms with Crippen LogP contribution < -0.4 is 0 Å². The zero-order valence-corrected chi connectivity index (χ0v) is 9.68. The molecular formula is C6H15BrN2Si. The van der Waals surface area contributed by atoms with Gasteiger partial charge >= 0.3 is 0 Å². The van der Waals surface area contributed by atoms with Gasteiger partial charge in [0.15, 0.2) is 9.84 Å². The highest BCUT2D eigenvalue weighted by atomic mass is 79.9. The van der Waals surface area contributed by atoms with Crippen molar-refractivity contribution >= 4 is 25.8 Å². The van der Waals surface area contributed by atoms with Crippen LogP contribution in [0.3, 0.4) is 0 Å². The lowest BCUT2D eigenvalue weighted by Crippen LogP contribution is -2.61. The molecule has 1 saturated heterocycles. The van der Waals surface area contributed by atoms with Crippen LogP contribution in [0, 0.1) is 0 Å². The summed E-state index contributed by atoms with van der Waals surface area (Å²) >= 11 is 3.61. The van der Waals surface area contributed by atoms with Crippen molar-refractivity contribution < 1.29 is 0 Å². The Kier molecular flexibility index (Phi) is 3.35. The van der Waals surface area contributed by atoms with Crippen molar-refractivity contribution in [3.63, 3.8) is 0 Å². The van der Waals surface area contributed by atoms with Gasteiger partial charge in [0.25, 0.3) is 0 Å². The van der Waals surface area contributed by atoms with E-state index < -0.39 is 0 Å². The van der Waals surface area contributed by atoms with E-state index in [1.807, 2.05) is 0 Å². The van der Waals surface area contributed by atoms with E-state index in [4.69, 9.17) is 0 Å². The maximum atomic E-state index is 3.61. The van der Waals surface area contributed by atoms with Crippen molar-refractivity contribution in [1.29, 1.82) is 0 Å². The minimum atomic E-state index is -0.00467. The molecule has 1 aliphatic heterocycles. The van der Waals surface area contributed by atoms with Crippen LogP contribution >= 0.6 is 15.9 Å². The summed E-state index contributed by atoms with van der Waals surface area (Å²) in [5, 5.41) is 0.561. The number of nitrogens with zero attached hydrogens (tertiary/aromatic N) is 2. The van der Waals surface area contributed by atoms with Crippen molar-refractivity contribution in [1.82, 2.24) is 9.13 Å². The van der Waals surface area contributed by atoms with E-state index >= 15 is 0 Å². The monoisotopic (exact) mass is 222 g/mol. The van der Waals surface area contributed by atoms with Crippen LogP contribution in [-0.2, 0) is 0 Å². The third kappa shape index (κ3) is 1.81. The smallest absolute Gasteiger partial charge is 0.176 e. The van der Waals surface area contributed by atoms with Crippen LogP contribution in [0.25, 0.3) is 0 Å². The van der Waals surface area contributed by atoms with Gasteiger partial charge in [0, 0.05) is 0 Å². The average molecular weight is 223 g/mol. The summed E-state index contributed by atoms with van der Waals surface area (Å²) in [6, 6.07) is 0. The molecule has 60 valence electrons. The topological polar surface area (TPSA) is 6.48 Å². The fraction of sp³-hybridized carbons (Fsp3) is 1.00. The molecule has 4 heteroatoms. The Balaban J connectivity index is 2.08. The van der Waals surface area contributed by atoms with E-state index in [9.17, 15) is 0 Å². The lowest BCUT2D eigenvalue weighted by atomic mass is 10.3. The lowest BCUT2D eigenvalue weighted by Gasteiger charge is -2.45. The van der Waals surface area contributed by atoms with E-state index in [2.05, 4.69) is 39.0 Å². The first-order chi connectivity index (χ1) is 4.75. The van der Waals surface area contributed by atoms with Gasteiger partial charge in [-0.1, -0.05) is 29.3 Å². The molecule has 0 radical (unpaired) electrons. The fourth-order valence-corrected chi connectivity index (χ4v) is 3.53. The quantitative estimate of drug-likeness (QED) is 0.395. The third-order valence-electron chi connectivity index (χ3n) is 1.87. The molecule has 1 aliphatic rings. The summed E-state index contributed by atoms with van der Waals surface area (Å²) in [5.74, 6) is 0. The van der Waals surface area contributed by atoms with Crippen LogP contribution in [0.2, 0.25) is 0 Å². The predicted molar refractivity (Wildman–Crippen MR) is 50.6 cm³/mol. The summed E-state index contributed by atoms with van der Waals surface area (Å²) in [5.41, 5.74) is 0. The van der Waals surface area contributed by atoms with E-state index in [1.54, 1.807) is 0 Å². The van der Waals surface area contributed by atoms with Crippen molar-refractivity contribution in [3.8, 4) is 0 Å². The molecule has 0 N–H and O–H groups in total. The van der Waals surface area contributed by atoms with Crippen LogP contribution in [0.5, 0.6) is 0 Å².